The largest absolute Gasteiger partial charge is 0.426 e. The Morgan fingerprint density at radius 1 is 0.931 bits per heavy atom. The monoisotopic (exact) mass is 394 g/mol. The van der Waals surface area contributed by atoms with Crippen LogP contribution in [0.3, 0.4) is 0 Å². The lowest BCUT2D eigenvalue weighted by Gasteiger charge is -2.29. The lowest BCUT2D eigenvalue weighted by Crippen LogP contribution is -2.13. The molecule has 29 heavy (non-hydrogen) atoms. The van der Waals surface area contributed by atoms with Gasteiger partial charge in [0.1, 0.15) is 5.75 Å². The van der Waals surface area contributed by atoms with Crippen molar-refractivity contribution in [2.24, 2.45) is 5.92 Å². The molecular formula is C26H34O3. The van der Waals surface area contributed by atoms with Crippen molar-refractivity contribution < 1.29 is 14.6 Å². The fraction of sp³-hybridized carbons (Fsp3) is 0.500. The second-order valence-corrected chi connectivity index (χ2v) is 8.31. The zero-order valence-corrected chi connectivity index (χ0v) is 17.6. The summed E-state index contributed by atoms with van der Waals surface area (Å²) in [7, 11) is 0. The molecule has 0 bridgehead atoms. The van der Waals surface area contributed by atoms with Gasteiger partial charge in [-0.15, -0.1) is 0 Å². The molecule has 0 heterocycles. The highest BCUT2D eigenvalue weighted by Gasteiger charge is 2.22. The van der Waals surface area contributed by atoms with E-state index in [9.17, 15) is 4.79 Å². The predicted octanol–water partition coefficient (Wildman–Crippen LogP) is 6.50. The molecule has 0 aliphatic heterocycles. The first-order valence-corrected chi connectivity index (χ1v) is 11.2. The number of aliphatic hydroxyl groups is 1. The Balaban J connectivity index is 1.53. The Bertz CT molecular complexity index is 741. The van der Waals surface area contributed by atoms with Gasteiger partial charge in [-0.1, -0.05) is 69.0 Å². The van der Waals surface area contributed by atoms with E-state index in [1.165, 1.54) is 62.5 Å². The number of carbonyl (C=O) groups excluding carboxylic acids is 1. The van der Waals surface area contributed by atoms with Crippen LogP contribution in [0.1, 0.15) is 76.2 Å². The average Bonchev–Trinajstić information content (AvgIpc) is 2.75. The minimum Gasteiger partial charge on any atom is -0.426 e. The Labute approximate surface area is 175 Å². The SMILES string of the molecule is CCCCCC1CCC(c2ccc(-c3ccc(OC(=O)CCO)cc3)cc2)CC1. The molecule has 0 unspecified atom stereocenters. The van der Waals surface area contributed by atoms with E-state index < -0.39 is 5.97 Å². The van der Waals surface area contributed by atoms with Gasteiger partial charge in [0.05, 0.1) is 13.0 Å². The number of unbranched alkanes of at least 4 members (excludes halogenated alkanes) is 2. The van der Waals surface area contributed by atoms with Gasteiger partial charge in [-0.25, -0.2) is 0 Å². The van der Waals surface area contributed by atoms with Crippen molar-refractivity contribution >= 4 is 5.97 Å². The Morgan fingerprint density at radius 3 is 2.14 bits per heavy atom. The van der Waals surface area contributed by atoms with Gasteiger partial charge >= 0.3 is 5.97 Å². The highest BCUT2D eigenvalue weighted by atomic mass is 16.5. The molecule has 3 nitrogen and oxygen atoms in total. The molecule has 0 aromatic heterocycles. The van der Waals surface area contributed by atoms with Gasteiger partial charge in [-0.05, 0) is 66.3 Å². The first kappa shape index (κ1) is 21.6. The van der Waals surface area contributed by atoms with Crippen LogP contribution < -0.4 is 4.74 Å². The molecule has 156 valence electrons. The van der Waals surface area contributed by atoms with Crippen LogP contribution in [0.5, 0.6) is 5.75 Å². The van der Waals surface area contributed by atoms with Crippen molar-refractivity contribution in [2.45, 2.75) is 70.6 Å². The molecule has 0 spiro atoms. The number of rotatable bonds is 9. The molecule has 0 atom stereocenters. The zero-order valence-electron chi connectivity index (χ0n) is 17.6. The summed E-state index contributed by atoms with van der Waals surface area (Å²) < 4.78 is 5.18. The molecule has 3 rings (SSSR count). The summed E-state index contributed by atoms with van der Waals surface area (Å²) in [5.41, 5.74) is 3.75. The summed E-state index contributed by atoms with van der Waals surface area (Å²) >= 11 is 0. The molecule has 0 amide bonds. The van der Waals surface area contributed by atoms with Gasteiger partial charge < -0.3 is 9.84 Å². The number of benzene rings is 2. The van der Waals surface area contributed by atoms with Crippen LogP contribution in [0.4, 0.5) is 0 Å². The van der Waals surface area contributed by atoms with E-state index >= 15 is 0 Å². The Morgan fingerprint density at radius 2 is 1.55 bits per heavy atom. The molecule has 0 radical (unpaired) electrons. The maximum Gasteiger partial charge on any atom is 0.313 e. The summed E-state index contributed by atoms with van der Waals surface area (Å²) in [5, 5.41) is 8.78. The quantitative estimate of drug-likeness (QED) is 0.300. The Kier molecular flexibility index (Phi) is 8.30. The van der Waals surface area contributed by atoms with Crippen LogP contribution in [-0.2, 0) is 4.79 Å². The molecular weight excluding hydrogens is 360 g/mol. The van der Waals surface area contributed by atoms with Crippen LogP contribution in [0.2, 0.25) is 0 Å². The summed E-state index contributed by atoms with van der Waals surface area (Å²) in [6.07, 6.45) is 11.0. The molecule has 1 N–H and O–H groups in total. The number of hydrogen-bond acceptors (Lipinski definition) is 3. The fourth-order valence-corrected chi connectivity index (χ4v) is 4.40. The number of carbonyl (C=O) groups is 1. The third-order valence-electron chi connectivity index (χ3n) is 6.18. The van der Waals surface area contributed by atoms with Crippen molar-refractivity contribution in [1.82, 2.24) is 0 Å². The number of esters is 1. The van der Waals surface area contributed by atoms with Crippen LogP contribution in [0.15, 0.2) is 48.5 Å². The van der Waals surface area contributed by atoms with Crippen LogP contribution in [0.25, 0.3) is 11.1 Å². The molecule has 1 saturated carbocycles. The normalized spacial score (nSPS) is 19.1. The average molecular weight is 395 g/mol. The van der Waals surface area contributed by atoms with Crippen molar-refractivity contribution in [1.29, 1.82) is 0 Å². The topological polar surface area (TPSA) is 46.5 Å². The summed E-state index contributed by atoms with van der Waals surface area (Å²) in [6, 6.07) is 16.5. The molecule has 0 saturated heterocycles. The van der Waals surface area contributed by atoms with Crippen LogP contribution in [0, 0.1) is 5.92 Å². The second-order valence-electron chi connectivity index (χ2n) is 8.31. The highest BCUT2D eigenvalue weighted by Crippen LogP contribution is 2.38. The number of aliphatic hydroxyl groups excluding tert-OH is 1. The van der Waals surface area contributed by atoms with E-state index in [4.69, 9.17) is 9.84 Å². The van der Waals surface area contributed by atoms with Crippen molar-refractivity contribution in [2.75, 3.05) is 6.61 Å². The van der Waals surface area contributed by atoms with E-state index in [0.717, 1.165) is 11.5 Å². The van der Waals surface area contributed by atoms with Crippen molar-refractivity contribution in [3.63, 3.8) is 0 Å². The maximum absolute atomic E-state index is 11.5. The van der Waals surface area contributed by atoms with Crippen molar-refractivity contribution in [3.05, 3.63) is 54.1 Å². The standard InChI is InChI=1S/C26H34O3/c1-2-3-4-5-20-6-8-21(9-7-20)22-10-12-23(13-11-22)24-14-16-25(17-15-24)29-26(28)18-19-27/h10-17,20-21,27H,2-9,18-19H2,1H3. The van der Waals surface area contributed by atoms with E-state index in [1.54, 1.807) is 12.1 Å². The van der Waals surface area contributed by atoms with E-state index in [-0.39, 0.29) is 13.0 Å². The lowest BCUT2D eigenvalue weighted by molar-refractivity contribution is -0.135. The van der Waals surface area contributed by atoms with Gasteiger partial charge in [0.2, 0.25) is 0 Å². The molecule has 1 fully saturated rings. The third-order valence-corrected chi connectivity index (χ3v) is 6.18. The van der Waals surface area contributed by atoms with Gasteiger partial charge in [0.15, 0.2) is 0 Å². The first-order chi connectivity index (χ1) is 14.2. The van der Waals surface area contributed by atoms with E-state index in [1.807, 2.05) is 12.1 Å². The minimum absolute atomic E-state index is 0.0177. The van der Waals surface area contributed by atoms with Gasteiger partial charge in [-0.2, -0.15) is 0 Å². The second kappa shape index (κ2) is 11.2. The smallest absolute Gasteiger partial charge is 0.313 e. The van der Waals surface area contributed by atoms with Gasteiger partial charge in [0, 0.05) is 0 Å². The summed E-state index contributed by atoms with van der Waals surface area (Å²) in [6.45, 7) is 2.09. The predicted molar refractivity (Wildman–Crippen MR) is 118 cm³/mol. The molecule has 1 aliphatic rings. The molecule has 3 heteroatoms. The molecule has 2 aromatic rings. The third kappa shape index (κ3) is 6.43. The van der Waals surface area contributed by atoms with Crippen LogP contribution in [-0.4, -0.2) is 17.7 Å². The van der Waals surface area contributed by atoms with Gasteiger partial charge in [0.25, 0.3) is 0 Å². The fourth-order valence-electron chi connectivity index (χ4n) is 4.40. The zero-order chi connectivity index (χ0) is 20.5. The van der Waals surface area contributed by atoms with Crippen LogP contribution >= 0.6 is 0 Å². The highest BCUT2D eigenvalue weighted by molar-refractivity contribution is 5.73. The molecule has 1 aliphatic carbocycles. The summed E-state index contributed by atoms with van der Waals surface area (Å²) in [4.78, 5) is 11.5. The van der Waals surface area contributed by atoms with E-state index in [2.05, 4.69) is 31.2 Å². The summed E-state index contributed by atoms with van der Waals surface area (Å²) in [5.74, 6) is 1.76. The van der Waals surface area contributed by atoms with Crippen molar-refractivity contribution in [3.8, 4) is 16.9 Å². The number of ether oxygens (including phenoxy) is 1. The number of hydrogen-bond donors (Lipinski definition) is 1. The Hall–Kier alpha value is -2.13. The van der Waals surface area contributed by atoms with E-state index in [0.29, 0.717) is 11.7 Å². The minimum atomic E-state index is -0.412. The molecule has 2 aromatic carbocycles. The first-order valence-electron chi connectivity index (χ1n) is 11.2. The lowest BCUT2D eigenvalue weighted by atomic mass is 9.77. The maximum atomic E-state index is 11.5. The van der Waals surface area contributed by atoms with Gasteiger partial charge in [-0.3, -0.25) is 4.79 Å².